The van der Waals surface area contributed by atoms with Crippen LogP contribution in [0.1, 0.15) is 38.5 Å². The molecule has 1 fully saturated rings. The van der Waals surface area contributed by atoms with Crippen LogP contribution in [0.4, 0.5) is 0 Å². The summed E-state index contributed by atoms with van der Waals surface area (Å²) in [5.41, 5.74) is 7.66. The summed E-state index contributed by atoms with van der Waals surface area (Å²) >= 11 is 0. The van der Waals surface area contributed by atoms with Gasteiger partial charge in [-0.1, -0.05) is 0 Å². The van der Waals surface area contributed by atoms with Crippen LogP contribution in [-0.4, -0.2) is 94.4 Å². The number of hydrogen-bond donors (Lipinski definition) is 6. The molecule has 1 rings (SSSR count). The smallest absolute Gasteiger partial charge is 0.278 e. The summed E-state index contributed by atoms with van der Waals surface area (Å²) in [6.07, 6.45) is -5.35. The minimum Gasteiger partial charge on any atom is -0.853 e. The lowest BCUT2D eigenvalue weighted by Gasteiger charge is -2.60. The van der Waals surface area contributed by atoms with Gasteiger partial charge in [0.15, 0.2) is 6.04 Å². The molecule has 1 heterocycles. The first-order valence-electron chi connectivity index (χ1n) is 12.4. The molecule has 1 aliphatic rings. The molecule has 0 aromatic carbocycles. The molecule has 0 aliphatic carbocycles. The summed E-state index contributed by atoms with van der Waals surface area (Å²) in [5.74, 6) is -0.447. The molecule has 12 N–H and O–H groups in total. The van der Waals surface area contributed by atoms with Crippen LogP contribution >= 0.6 is 0 Å². The Balaban J connectivity index is 2.28. The standard InChI is InChI=1S/C21H40N6O7/c22-7-3-10-24-9-1-5-14(25-12-4-8-23)20(32)26-11-2-6-16(28)27-13-15-17(29)18(30)19(31)21(33)34-15/h14-15,17-19,21,24-25H,1-13,22-23H2,(H,26,32)(H,27,28)/q-4/p+4/t14?,15-,17-,18-,19+,21-/m0/s1. The van der Waals surface area contributed by atoms with E-state index in [0.29, 0.717) is 13.0 Å². The highest BCUT2D eigenvalue weighted by atomic mass is 16.6. The van der Waals surface area contributed by atoms with Crippen molar-refractivity contribution in [1.29, 1.82) is 0 Å². The molecular formula is C21H44N6O7. The Labute approximate surface area is 201 Å². The van der Waals surface area contributed by atoms with Crippen molar-refractivity contribution in [3.63, 3.8) is 0 Å². The van der Waals surface area contributed by atoms with E-state index in [4.69, 9.17) is 4.74 Å². The van der Waals surface area contributed by atoms with Gasteiger partial charge in [-0.25, -0.2) is 0 Å². The molecule has 1 aliphatic heterocycles. The van der Waals surface area contributed by atoms with Crippen LogP contribution < -0.4 is 53.2 Å². The predicted octanol–water partition coefficient (Wildman–Crippen LogP) is -10.2. The fourth-order valence-corrected chi connectivity index (χ4v) is 3.67. The van der Waals surface area contributed by atoms with Gasteiger partial charge in [0.05, 0.1) is 38.8 Å². The second kappa shape index (κ2) is 17.9. The van der Waals surface area contributed by atoms with Gasteiger partial charge in [0.2, 0.25) is 5.91 Å². The number of ether oxygens (including phenoxy) is 1. The van der Waals surface area contributed by atoms with Crippen molar-refractivity contribution in [2.24, 2.45) is 0 Å². The number of carbonyl (C=O) groups is 2. The van der Waals surface area contributed by atoms with Crippen LogP contribution in [-0.2, 0) is 14.3 Å². The van der Waals surface area contributed by atoms with Crippen LogP contribution in [0.15, 0.2) is 0 Å². The molecule has 2 amide bonds. The second-order valence-electron chi connectivity index (χ2n) is 8.69. The van der Waals surface area contributed by atoms with Crippen molar-refractivity contribution >= 4 is 11.8 Å². The summed E-state index contributed by atoms with van der Waals surface area (Å²) in [6, 6.07) is -0.177. The first kappa shape index (κ1) is 30.6. The Morgan fingerprint density at radius 1 is 0.882 bits per heavy atom. The van der Waals surface area contributed by atoms with E-state index in [1.807, 2.05) is 5.32 Å². The Hall–Kier alpha value is -1.42. The van der Waals surface area contributed by atoms with E-state index in [0.717, 1.165) is 58.4 Å². The van der Waals surface area contributed by atoms with Gasteiger partial charge in [0, 0.05) is 45.2 Å². The highest BCUT2D eigenvalue weighted by Crippen LogP contribution is 2.12. The SMILES string of the molecule is [NH3+]CCC[NH2+]CCCC([NH2+]CCC[NH3+])C(=O)NCCCC(=O)NC[C@@H]1O[C@H]([O-])[C@H]([O-])[C@@H]([O-])[C@H]1[O-]. The van der Waals surface area contributed by atoms with Gasteiger partial charge in [-0.05, 0) is 12.7 Å². The fourth-order valence-electron chi connectivity index (χ4n) is 3.67. The van der Waals surface area contributed by atoms with Crippen molar-refractivity contribution in [2.45, 2.75) is 75.3 Å². The molecule has 0 radical (unpaired) electrons. The van der Waals surface area contributed by atoms with E-state index >= 15 is 0 Å². The lowest BCUT2D eigenvalue weighted by atomic mass is 9.99. The Kier molecular flexibility index (Phi) is 16.1. The molecule has 0 saturated carbocycles. The van der Waals surface area contributed by atoms with Gasteiger partial charge in [0.25, 0.3) is 5.91 Å². The Morgan fingerprint density at radius 3 is 2.26 bits per heavy atom. The maximum Gasteiger partial charge on any atom is 0.278 e. The van der Waals surface area contributed by atoms with Gasteiger partial charge in [-0.2, -0.15) is 0 Å². The number of quaternary nitrogens is 4. The van der Waals surface area contributed by atoms with Gasteiger partial charge in [-0.15, -0.1) is 18.3 Å². The zero-order chi connectivity index (χ0) is 25.3. The van der Waals surface area contributed by atoms with E-state index in [-0.39, 0.29) is 24.9 Å². The van der Waals surface area contributed by atoms with Crippen LogP contribution in [0.5, 0.6) is 0 Å². The van der Waals surface area contributed by atoms with Crippen molar-refractivity contribution in [3.8, 4) is 0 Å². The predicted molar refractivity (Wildman–Crippen MR) is 111 cm³/mol. The summed E-state index contributed by atoms with van der Waals surface area (Å²) in [5, 5.41) is 55.7. The van der Waals surface area contributed by atoms with Gasteiger partial charge >= 0.3 is 0 Å². The summed E-state index contributed by atoms with van der Waals surface area (Å²) in [6.45, 7) is 4.63. The highest BCUT2D eigenvalue weighted by molar-refractivity contribution is 5.80. The first-order valence-corrected chi connectivity index (χ1v) is 12.4. The summed E-state index contributed by atoms with van der Waals surface area (Å²) < 4.78 is 4.75. The molecule has 0 bridgehead atoms. The molecule has 0 aromatic heterocycles. The van der Waals surface area contributed by atoms with Gasteiger partial charge < -0.3 is 57.9 Å². The quantitative estimate of drug-likeness (QED) is 0.101. The fraction of sp³-hybridized carbons (Fsp3) is 0.905. The monoisotopic (exact) mass is 492 g/mol. The molecule has 1 unspecified atom stereocenters. The average molecular weight is 493 g/mol. The van der Waals surface area contributed by atoms with Crippen LogP contribution in [0.3, 0.4) is 0 Å². The van der Waals surface area contributed by atoms with Crippen LogP contribution in [0.25, 0.3) is 0 Å². The van der Waals surface area contributed by atoms with Crippen molar-refractivity contribution in [2.75, 3.05) is 45.8 Å². The largest absolute Gasteiger partial charge is 0.853 e. The molecule has 6 atom stereocenters. The normalized spacial score (nSPS) is 25.6. The summed E-state index contributed by atoms with van der Waals surface area (Å²) in [7, 11) is 0. The first-order chi connectivity index (χ1) is 16.3. The molecule has 1 saturated heterocycles. The van der Waals surface area contributed by atoms with Gasteiger partial charge in [-0.3, -0.25) is 9.59 Å². The third-order valence-electron chi connectivity index (χ3n) is 5.80. The van der Waals surface area contributed by atoms with E-state index in [1.165, 1.54) is 0 Å². The third-order valence-corrected chi connectivity index (χ3v) is 5.80. The molecule has 13 nitrogen and oxygen atoms in total. The molecule has 0 aromatic rings. The van der Waals surface area contributed by atoms with E-state index in [9.17, 15) is 30.0 Å². The van der Waals surface area contributed by atoms with Crippen LogP contribution in [0, 0.1) is 0 Å². The maximum absolute atomic E-state index is 12.6. The van der Waals surface area contributed by atoms with Crippen molar-refractivity contribution < 1.29 is 56.9 Å². The number of rotatable bonds is 18. The van der Waals surface area contributed by atoms with Crippen molar-refractivity contribution in [3.05, 3.63) is 0 Å². The highest BCUT2D eigenvalue weighted by Gasteiger charge is 2.25. The van der Waals surface area contributed by atoms with E-state index < -0.39 is 36.6 Å². The van der Waals surface area contributed by atoms with Crippen LogP contribution in [0.2, 0.25) is 0 Å². The topological polar surface area (TPSA) is 248 Å². The van der Waals surface area contributed by atoms with E-state index in [1.54, 1.807) is 0 Å². The molecule has 13 heteroatoms. The Morgan fingerprint density at radius 2 is 1.56 bits per heavy atom. The molecule has 0 spiro atoms. The molecular weight excluding hydrogens is 448 g/mol. The molecule has 200 valence electrons. The minimum absolute atomic E-state index is 0.0535. The summed E-state index contributed by atoms with van der Waals surface area (Å²) in [4.78, 5) is 24.6. The van der Waals surface area contributed by atoms with E-state index in [2.05, 4.69) is 27.4 Å². The number of nitrogens with two attached hydrogens (primary N) is 2. The lowest BCUT2D eigenvalue weighted by Crippen LogP contribution is -2.93. The zero-order valence-corrected chi connectivity index (χ0v) is 20.1. The number of nitrogens with one attached hydrogen (secondary N) is 2. The number of hydrogen-bond acceptors (Lipinski definition) is 7. The molecule has 34 heavy (non-hydrogen) atoms. The second-order valence-corrected chi connectivity index (χ2v) is 8.69. The zero-order valence-electron chi connectivity index (χ0n) is 20.1. The maximum atomic E-state index is 12.6. The third kappa shape index (κ3) is 11.8. The van der Waals surface area contributed by atoms with Crippen molar-refractivity contribution in [1.82, 2.24) is 10.6 Å². The lowest BCUT2D eigenvalue weighted by molar-refractivity contribution is -0.683. The average Bonchev–Trinajstić information content (AvgIpc) is 2.82. The number of carbonyl (C=O) groups excluding carboxylic acids is 2. The van der Waals surface area contributed by atoms with Gasteiger partial charge in [0.1, 0.15) is 0 Å². The number of amides is 2. The Bertz CT molecular complexity index is 574. The minimum atomic E-state index is -2.14.